The molecule has 3 nitrogen and oxygen atoms in total. The summed E-state index contributed by atoms with van der Waals surface area (Å²) in [6, 6.07) is 3.90. The maximum atomic E-state index is 4.16. The third-order valence-electron chi connectivity index (χ3n) is 3.01. The van der Waals surface area contributed by atoms with Gasteiger partial charge in [-0.15, -0.1) is 0 Å². The fraction of sp³-hybridized carbons (Fsp3) is 0.200. The molecule has 22 heavy (non-hydrogen) atoms. The number of hydrogen-bond donors (Lipinski definition) is 1. The normalized spacial score (nSPS) is 19.8. The summed E-state index contributed by atoms with van der Waals surface area (Å²) < 4.78 is 2.75. The molecule has 0 saturated carbocycles. The number of thioether (sulfide) groups is 4. The zero-order valence-electron chi connectivity index (χ0n) is 12.4. The van der Waals surface area contributed by atoms with Gasteiger partial charge in [0.25, 0.3) is 0 Å². The Morgan fingerprint density at radius 3 is 2.18 bits per heavy atom. The highest BCUT2D eigenvalue weighted by Crippen LogP contribution is 2.59. The Labute approximate surface area is 147 Å². The van der Waals surface area contributed by atoms with Crippen LogP contribution in [0.25, 0.3) is 0 Å². The quantitative estimate of drug-likeness (QED) is 0.527. The molecule has 1 aromatic rings. The lowest BCUT2D eigenvalue weighted by Crippen LogP contribution is -1.79. The van der Waals surface area contributed by atoms with E-state index in [1.54, 1.807) is 18.0 Å². The van der Waals surface area contributed by atoms with Crippen molar-refractivity contribution in [2.45, 2.75) is 20.8 Å². The second kappa shape index (κ2) is 7.21. The van der Waals surface area contributed by atoms with E-state index >= 15 is 0 Å². The number of H-pyrrole nitrogens is 1. The van der Waals surface area contributed by atoms with Gasteiger partial charge in [0.15, 0.2) is 0 Å². The van der Waals surface area contributed by atoms with Crippen molar-refractivity contribution in [1.82, 2.24) is 4.98 Å². The van der Waals surface area contributed by atoms with Crippen LogP contribution in [0.2, 0.25) is 0 Å². The van der Waals surface area contributed by atoms with Crippen molar-refractivity contribution in [1.29, 1.82) is 0 Å². The zero-order chi connectivity index (χ0) is 15.5. The molecule has 0 radical (unpaired) electrons. The van der Waals surface area contributed by atoms with Crippen molar-refractivity contribution >= 4 is 59.5 Å². The van der Waals surface area contributed by atoms with Crippen LogP contribution >= 0.6 is 47.0 Å². The van der Waals surface area contributed by atoms with E-state index in [4.69, 9.17) is 0 Å². The van der Waals surface area contributed by atoms with Crippen molar-refractivity contribution in [3.05, 3.63) is 52.1 Å². The molecule has 0 amide bonds. The Bertz CT molecular complexity index is 708. The summed E-state index contributed by atoms with van der Waals surface area (Å²) in [4.78, 5) is 8.34. The first-order valence-electron chi connectivity index (χ1n) is 6.67. The van der Waals surface area contributed by atoms with Crippen LogP contribution < -0.4 is 0 Å². The van der Waals surface area contributed by atoms with Gasteiger partial charge >= 0.3 is 0 Å². The number of rotatable bonds is 3. The predicted molar refractivity (Wildman–Crippen MR) is 105 cm³/mol. The van der Waals surface area contributed by atoms with E-state index in [1.807, 2.05) is 59.8 Å². The molecule has 0 saturated heterocycles. The molecule has 0 aromatic carbocycles. The SMILES string of the molecule is CC1=C(C)SC(=C2SC(C)=C(/C=N/N=C/c3ccc[nH]3)S2)S1. The highest BCUT2D eigenvalue weighted by atomic mass is 32.2. The number of nitrogens with zero attached hydrogens (tertiary/aromatic N) is 2. The number of hydrogen-bond acceptors (Lipinski definition) is 6. The van der Waals surface area contributed by atoms with Gasteiger partial charge in [-0.25, -0.2) is 0 Å². The van der Waals surface area contributed by atoms with Crippen molar-refractivity contribution in [3.63, 3.8) is 0 Å². The summed E-state index contributed by atoms with van der Waals surface area (Å²) in [7, 11) is 0. The van der Waals surface area contributed by atoms with E-state index < -0.39 is 0 Å². The first-order chi connectivity index (χ1) is 10.6. The minimum atomic E-state index is 0.954. The van der Waals surface area contributed by atoms with E-state index in [-0.39, 0.29) is 0 Å². The van der Waals surface area contributed by atoms with Gasteiger partial charge in [-0.1, -0.05) is 47.0 Å². The van der Waals surface area contributed by atoms with Crippen LogP contribution in [0.15, 0.2) is 56.6 Å². The van der Waals surface area contributed by atoms with E-state index in [2.05, 4.69) is 36.0 Å². The topological polar surface area (TPSA) is 40.5 Å². The molecule has 0 fully saturated rings. The highest BCUT2D eigenvalue weighted by molar-refractivity contribution is 8.34. The van der Waals surface area contributed by atoms with Gasteiger partial charge in [-0.3, -0.25) is 0 Å². The van der Waals surface area contributed by atoms with Crippen molar-refractivity contribution < 1.29 is 0 Å². The van der Waals surface area contributed by atoms with Crippen molar-refractivity contribution in [2.24, 2.45) is 10.2 Å². The summed E-state index contributed by atoms with van der Waals surface area (Å²) in [6.45, 7) is 6.50. The van der Waals surface area contributed by atoms with E-state index in [0.29, 0.717) is 0 Å². The van der Waals surface area contributed by atoms with E-state index in [1.165, 1.54) is 28.1 Å². The zero-order valence-corrected chi connectivity index (χ0v) is 15.7. The number of nitrogens with one attached hydrogen (secondary N) is 1. The Balaban J connectivity index is 1.64. The minimum Gasteiger partial charge on any atom is -0.360 e. The first kappa shape index (κ1) is 16.1. The number of aromatic amines is 1. The van der Waals surface area contributed by atoms with Crippen LogP contribution in [-0.2, 0) is 0 Å². The highest BCUT2D eigenvalue weighted by Gasteiger charge is 2.25. The molecule has 2 aliphatic rings. The van der Waals surface area contributed by atoms with Gasteiger partial charge < -0.3 is 4.98 Å². The summed E-state index contributed by atoms with van der Waals surface area (Å²) in [5.41, 5.74) is 0.954. The summed E-state index contributed by atoms with van der Waals surface area (Å²) >= 11 is 7.38. The molecule has 1 aromatic heterocycles. The van der Waals surface area contributed by atoms with Gasteiger partial charge in [-0.2, -0.15) is 10.2 Å². The second-order valence-electron chi connectivity index (χ2n) is 4.63. The van der Waals surface area contributed by atoms with Gasteiger partial charge in [-0.05, 0) is 42.7 Å². The monoisotopic (exact) mass is 365 g/mol. The number of allylic oxidation sites excluding steroid dienone is 4. The molecule has 3 rings (SSSR count). The smallest absolute Gasteiger partial charge is 0.0730 e. The molecule has 3 heterocycles. The van der Waals surface area contributed by atoms with Crippen LogP contribution in [-0.4, -0.2) is 17.4 Å². The van der Waals surface area contributed by atoms with Crippen molar-refractivity contribution in [2.75, 3.05) is 0 Å². The van der Waals surface area contributed by atoms with Crippen LogP contribution in [0.3, 0.4) is 0 Å². The lowest BCUT2D eigenvalue weighted by atomic mass is 10.5. The Kier molecular flexibility index (Phi) is 5.28. The first-order valence-corrected chi connectivity index (χ1v) is 9.94. The molecule has 0 unspecified atom stereocenters. The number of aromatic nitrogens is 1. The third kappa shape index (κ3) is 3.76. The molecule has 114 valence electrons. The largest absolute Gasteiger partial charge is 0.360 e. The van der Waals surface area contributed by atoms with Gasteiger partial charge in [0, 0.05) is 16.0 Å². The Morgan fingerprint density at radius 1 is 0.864 bits per heavy atom. The fourth-order valence-electron chi connectivity index (χ4n) is 1.71. The maximum Gasteiger partial charge on any atom is 0.0730 e. The average molecular weight is 366 g/mol. The molecular formula is C15H15N3S4. The molecule has 2 aliphatic heterocycles. The van der Waals surface area contributed by atoms with E-state index in [0.717, 1.165) is 5.69 Å². The lowest BCUT2D eigenvalue weighted by Gasteiger charge is -2.00. The van der Waals surface area contributed by atoms with Crippen molar-refractivity contribution in [3.8, 4) is 0 Å². The Morgan fingerprint density at radius 2 is 1.50 bits per heavy atom. The van der Waals surface area contributed by atoms with Gasteiger partial charge in [0.2, 0.25) is 0 Å². The van der Waals surface area contributed by atoms with Crippen LogP contribution in [0, 0.1) is 0 Å². The summed E-state index contributed by atoms with van der Waals surface area (Å²) in [5.74, 6) is 0. The molecule has 1 N–H and O–H groups in total. The van der Waals surface area contributed by atoms with Crippen LogP contribution in [0.1, 0.15) is 26.5 Å². The lowest BCUT2D eigenvalue weighted by molar-refractivity contribution is 1.25. The molecule has 0 aliphatic carbocycles. The van der Waals surface area contributed by atoms with Crippen LogP contribution in [0.4, 0.5) is 0 Å². The minimum absolute atomic E-state index is 0.954. The van der Waals surface area contributed by atoms with E-state index in [9.17, 15) is 0 Å². The van der Waals surface area contributed by atoms with Crippen LogP contribution in [0.5, 0.6) is 0 Å². The molecule has 0 bridgehead atoms. The third-order valence-corrected chi connectivity index (χ3v) is 8.73. The molecular weight excluding hydrogens is 350 g/mol. The fourth-order valence-corrected chi connectivity index (χ4v) is 6.99. The maximum absolute atomic E-state index is 4.16. The second-order valence-corrected chi connectivity index (χ2v) is 9.87. The Hall–Kier alpha value is -0.760. The van der Waals surface area contributed by atoms with Gasteiger partial charge in [0.1, 0.15) is 0 Å². The summed E-state index contributed by atoms with van der Waals surface area (Å²) in [5, 5.41) is 8.24. The molecule has 0 spiro atoms. The summed E-state index contributed by atoms with van der Waals surface area (Å²) in [6.07, 6.45) is 5.43. The molecule has 0 atom stereocenters. The average Bonchev–Trinajstić information content (AvgIpc) is 3.19. The standard InChI is InChI=1S/C15H15N3S4/c1-9-10(2)20-14(19-9)15-21-11(3)13(22-15)8-18-17-7-12-5-4-6-16-12/h4-8,16H,1-3H3/b17-7+,18-8+. The predicted octanol–water partition coefficient (Wildman–Crippen LogP) is 5.99. The molecule has 7 heteroatoms. The van der Waals surface area contributed by atoms with Gasteiger partial charge in [0.05, 0.1) is 26.6 Å².